The maximum Gasteiger partial charge on any atom is 0.307 e. The number of anilines is 2. The van der Waals surface area contributed by atoms with Gasteiger partial charge in [0.1, 0.15) is 0 Å². The molecule has 3 rings (SSSR count). The van der Waals surface area contributed by atoms with Crippen molar-refractivity contribution in [3.05, 3.63) is 81.8 Å². The molecule has 0 bridgehead atoms. The standard InChI is InChI=1S/C15H12ClNO3.C13H21ClN4S/c16-13-8-12(5-6-14(13)17-9-18)11-3-1-10(2-4-11)7-15(19)20;1-5-19-12(17-15)18(16)11-7-6-9(8-10(11)14)13(2,3)4/h1-6,8-9H,7H2,(H,17,18)(H,19,20);6-8H,5,15-16H2,1-4H3/b;17-12+. The molecule has 11 heteroatoms. The number of thioether (sulfide) groups is 1. The third kappa shape index (κ3) is 9.47. The number of aliphatic carboxylic acids is 1. The van der Waals surface area contributed by atoms with Crippen LogP contribution in [0.4, 0.5) is 11.4 Å². The minimum atomic E-state index is -0.856. The summed E-state index contributed by atoms with van der Waals surface area (Å²) in [6.07, 6.45) is 0.574. The van der Waals surface area contributed by atoms with Crippen molar-refractivity contribution in [2.75, 3.05) is 16.1 Å². The van der Waals surface area contributed by atoms with Gasteiger partial charge in [-0.15, -0.1) is 0 Å². The summed E-state index contributed by atoms with van der Waals surface area (Å²) in [4.78, 5) is 21.0. The van der Waals surface area contributed by atoms with E-state index in [0.29, 0.717) is 33.0 Å². The van der Waals surface area contributed by atoms with Gasteiger partial charge in [-0.25, -0.2) is 5.84 Å². The zero-order valence-corrected chi connectivity index (χ0v) is 24.6. The van der Waals surface area contributed by atoms with Crippen LogP contribution in [-0.2, 0) is 21.4 Å². The number of carboxylic acid groups (broad SMARTS) is 1. The fraction of sp³-hybridized carbons (Fsp3) is 0.250. The average molecular weight is 591 g/mol. The Bertz CT molecular complexity index is 1310. The number of nitrogens with two attached hydrogens (primary N) is 2. The lowest BCUT2D eigenvalue weighted by atomic mass is 9.87. The van der Waals surface area contributed by atoms with Crippen LogP contribution in [0.15, 0.2) is 65.8 Å². The molecule has 0 aliphatic carbocycles. The third-order valence-electron chi connectivity index (χ3n) is 5.49. The number of halogens is 2. The van der Waals surface area contributed by atoms with Gasteiger partial charge in [0.05, 0.1) is 27.8 Å². The van der Waals surface area contributed by atoms with Crippen LogP contribution < -0.4 is 22.0 Å². The summed E-state index contributed by atoms with van der Waals surface area (Å²) in [5.74, 6) is 11.3. The van der Waals surface area contributed by atoms with Gasteiger partial charge in [-0.1, -0.05) is 99.1 Å². The number of carboxylic acids is 1. The molecular formula is C28H33Cl2N5O3S. The number of rotatable bonds is 7. The molecule has 0 saturated carbocycles. The first-order valence-corrected chi connectivity index (χ1v) is 13.7. The number of hydrogen-bond donors (Lipinski definition) is 4. The number of carbonyl (C=O) groups excluding carboxylic acids is 1. The summed E-state index contributed by atoms with van der Waals surface area (Å²) in [5.41, 5.74) is 5.01. The lowest BCUT2D eigenvalue weighted by Gasteiger charge is -2.23. The van der Waals surface area contributed by atoms with Gasteiger partial charge < -0.3 is 16.3 Å². The number of amides is 1. The van der Waals surface area contributed by atoms with E-state index in [0.717, 1.165) is 28.0 Å². The van der Waals surface area contributed by atoms with Crippen molar-refractivity contribution in [2.45, 2.75) is 39.5 Å². The number of hydrazine groups is 1. The van der Waals surface area contributed by atoms with Gasteiger partial charge in [0.2, 0.25) is 11.6 Å². The molecule has 0 aliphatic rings. The van der Waals surface area contributed by atoms with Gasteiger partial charge in [-0.2, -0.15) is 5.10 Å². The smallest absolute Gasteiger partial charge is 0.307 e. The molecule has 0 atom stereocenters. The van der Waals surface area contributed by atoms with Crippen LogP contribution in [0.2, 0.25) is 10.0 Å². The molecule has 0 saturated heterocycles. The molecule has 0 aromatic heterocycles. The van der Waals surface area contributed by atoms with Crippen LogP contribution in [-0.4, -0.2) is 28.4 Å². The van der Waals surface area contributed by atoms with E-state index in [1.165, 1.54) is 16.8 Å². The lowest BCUT2D eigenvalue weighted by molar-refractivity contribution is -0.136. The largest absolute Gasteiger partial charge is 0.481 e. The summed E-state index contributed by atoms with van der Waals surface area (Å²) in [5, 5.41) is 17.9. The highest BCUT2D eigenvalue weighted by atomic mass is 35.5. The first kappa shape index (κ1) is 32.0. The van der Waals surface area contributed by atoms with E-state index in [4.69, 9.17) is 40.0 Å². The number of nitrogens with one attached hydrogen (secondary N) is 1. The predicted molar refractivity (Wildman–Crippen MR) is 164 cm³/mol. The lowest BCUT2D eigenvalue weighted by Crippen LogP contribution is -2.36. The molecule has 0 heterocycles. The van der Waals surface area contributed by atoms with Gasteiger partial charge in [-0.05, 0) is 57.7 Å². The zero-order valence-electron chi connectivity index (χ0n) is 22.2. The molecule has 39 heavy (non-hydrogen) atoms. The first-order chi connectivity index (χ1) is 18.4. The van der Waals surface area contributed by atoms with Crippen LogP contribution in [0.25, 0.3) is 11.1 Å². The molecule has 3 aromatic carbocycles. The Morgan fingerprint density at radius 1 is 1.05 bits per heavy atom. The van der Waals surface area contributed by atoms with Crippen LogP contribution in [0.5, 0.6) is 0 Å². The van der Waals surface area contributed by atoms with Gasteiger partial charge in [0.25, 0.3) is 0 Å². The number of amidine groups is 1. The highest BCUT2D eigenvalue weighted by molar-refractivity contribution is 8.14. The fourth-order valence-corrected chi connectivity index (χ4v) is 4.51. The number of nitrogens with zero attached hydrogens (tertiary/aromatic N) is 2. The molecule has 0 unspecified atom stereocenters. The maximum absolute atomic E-state index is 10.6. The highest BCUT2D eigenvalue weighted by Crippen LogP contribution is 2.32. The Morgan fingerprint density at radius 3 is 2.18 bits per heavy atom. The maximum atomic E-state index is 10.6. The Balaban J connectivity index is 0.000000274. The Morgan fingerprint density at radius 2 is 1.69 bits per heavy atom. The quantitative estimate of drug-likeness (QED) is 0.0811. The third-order valence-corrected chi connectivity index (χ3v) is 6.95. The fourth-order valence-electron chi connectivity index (χ4n) is 3.43. The molecule has 1 amide bonds. The number of hydrazone groups is 1. The van der Waals surface area contributed by atoms with Crippen molar-refractivity contribution in [3.8, 4) is 11.1 Å². The van der Waals surface area contributed by atoms with Crippen molar-refractivity contribution in [2.24, 2.45) is 16.8 Å². The van der Waals surface area contributed by atoms with Gasteiger partial charge in [-0.3, -0.25) is 14.6 Å². The second kappa shape index (κ2) is 14.8. The Labute approximate surface area is 243 Å². The van der Waals surface area contributed by atoms with Crippen LogP contribution in [0.1, 0.15) is 38.8 Å². The molecule has 0 radical (unpaired) electrons. The highest BCUT2D eigenvalue weighted by Gasteiger charge is 2.18. The zero-order chi connectivity index (χ0) is 29.2. The monoisotopic (exact) mass is 589 g/mol. The summed E-state index contributed by atoms with van der Waals surface area (Å²) < 4.78 is 0. The number of hydrogen-bond acceptors (Lipinski definition) is 6. The second-order valence-electron chi connectivity index (χ2n) is 9.36. The van der Waals surface area contributed by atoms with Crippen LogP contribution >= 0.6 is 35.0 Å². The van der Waals surface area contributed by atoms with Crippen LogP contribution in [0, 0.1) is 0 Å². The van der Waals surface area contributed by atoms with E-state index in [-0.39, 0.29) is 11.8 Å². The van der Waals surface area contributed by atoms with E-state index in [9.17, 15) is 9.59 Å². The van der Waals surface area contributed by atoms with E-state index in [1.54, 1.807) is 24.3 Å². The Hall–Kier alpha value is -3.24. The normalized spacial score (nSPS) is 11.3. The van der Waals surface area contributed by atoms with E-state index >= 15 is 0 Å². The minimum Gasteiger partial charge on any atom is -0.481 e. The molecule has 6 N–H and O–H groups in total. The summed E-state index contributed by atoms with van der Waals surface area (Å²) >= 11 is 13.8. The summed E-state index contributed by atoms with van der Waals surface area (Å²) in [6.45, 7) is 8.42. The minimum absolute atomic E-state index is 0.00320. The average Bonchev–Trinajstić information content (AvgIpc) is 2.88. The number of benzene rings is 3. The van der Waals surface area contributed by atoms with Crippen molar-refractivity contribution in [3.63, 3.8) is 0 Å². The van der Waals surface area contributed by atoms with Crippen molar-refractivity contribution in [1.29, 1.82) is 0 Å². The summed E-state index contributed by atoms with van der Waals surface area (Å²) in [6, 6.07) is 18.4. The van der Waals surface area contributed by atoms with Gasteiger partial charge in [0.15, 0.2) is 0 Å². The van der Waals surface area contributed by atoms with Crippen molar-refractivity contribution >= 4 is 63.9 Å². The molecule has 0 spiro atoms. The van der Waals surface area contributed by atoms with E-state index in [1.807, 2.05) is 43.3 Å². The number of carbonyl (C=O) groups is 2. The van der Waals surface area contributed by atoms with E-state index < -0.39 is 5.97 Å². The molecule has 3 aromatic rings. The predicted octanol–water partition coefficient (Wildman–Crippen LogP) is 6.50. The molecule has 208 valence electrons. The van der Waals surface area contributed by atoms with Gasteiger partial charge >= 0.3 is 5.97 Å². The van der Waals surface area contributed by atoms with Crippen molar-refractivity contribution in [1.82, 2.24) is 0 Å². The second-order valence-corrected chi connectivity index (χ2v) is 11.4. The van der Waals surface area contributed by atoms with Gasteiger partial charge in [0, 0.05) is 0 Å². The molecular weight excluding hydrogens is 557 g/mol. The first-order valence-electron chi connectivity index (χ1n) is 12.0. The van der Waals surface area contributed by atoms with E-state index in [2.05, 4.69) is 31.2 Å². The summed E-state index contributed by atoms with van der Waals surface area (Å²) in [7, 11) is 0. The SMILES string of the molecule is CCS/C(=N/N)N(N)c1ccc(C(C)(C)C)cc1Cl.O=CNc1ccc(-c2ccc(CC(=O)O)cc2)cc1Cl. The Kier molecular flexibility index (Phi) is 12.1. The molecule has 8 nitrogen and oxygen atoms in total. The molecule has 0 aliphatic heterocycles. The molecule has 0 fully saturated rings. The topological polar surface area (TPSA) is 134 Å². The van der Waals surface area contributed by atoms with Crippen LogP contribution in [0.3, 0.4) is 0 Å². The van der Waals surface area contributed by atoms with Crippen molar-refractivity contribution < 1.29 is 14.7 Å².